The first kappa shape index (κ1) is 16.1. The molecule has 0 aliphatic carbocycles. The second-order valence-electron chi connectivity index (χ2n) is 5.29. The van der Waals surface area contributed by atoms with Crippen LogP contribution in [0.1, 0.15) is 38.3 Å². The van der Waals surface area contributed by atoms with Gasteiger partial charge in [0.05, 0.1) is 0 Å². The second-order valence-corrected chi connectivity index (χ2v) is 5.29. The Kier molecular flexibility index (Phi) is 6.65. The van der Waals surface area contributed by atoms with Gasteiger partial charge >= 0.3 is 0 Å². The van der Waals surface area contributed by atoms with Crippen LogP contribution in [0.25, 0.3) is 11.4 Å². The van der Waals surface area contributed by atoms with Gasteiger partial charge in [0.25, 0.3) is 0 Å². The molecule has 0 aliphatic heterocycles. The van der Waals surface area contributed by atoms with Crippen molar-refractivity contribution in [1.82, 2.24) is 10.6 Å². The molecule has 0 aliphatic rings. The lowest BCUT2D eigenvalue weighted by atomic mass is 10.1. The summed E-state index contributed by atoms with van der Waals surface area (Å²) in [5.74, 6) is 0.700. The van der Waals surface area contributed by atoms with Crippen LogP contribution in [-0.4, -0.2) is 6.54 Å². The molecule has 2 nitrogen and oxygen atoms in total. The molecule has 1 aromatic carbocycles. The van der Waals surface area contributed by atoms with E-state index in [1.54, 1.807) is 0 Å². The number of nitrogens with one attached hydrogen (secondary N) is 2. The quantitative estimate of drug-likeness (QED) is 0.732. The molecule has 2 N–H and O–H groups in total. The van der Waals surface area contributed by atoms with E-state index in [4.69, 9.17) is 0 Å². The third kappa shape index (κ3) is 5.35. The highest BCUT2D eigenvalue weighted by atomic mass is 14.9. The highest BCUT2D eigenvalue weighted by Crippen LogP contribution is 2.16. The zero-order valence-corrected chi connectivity index (χ0v) is 12.9. The van der Waals surface area contributed by atoms with Gasteiger partial charge in [0.1, 0.15) is 0 Å². The Morgan fingerprint density at radius 3 is 2.45 bits per heavy atom. The van der Waals surface area contributed by atoms with Gasteiger partial charge in [-0.3, -0.25) is 0 Å². The minimum Gasteiger partial charge on any atom is -0.385 e. The van der Waals surface area contributed by atoms with Crippen LogP contribution in [0.3, 0.4) is 0 Å². The van der Waals surface area contributed by atoms with Crippen molar-refractivity contribution in [3.8, 4) is 0 Å². The Morgan fingerprint density at radius 2 is 1.85 bits per heavy atom. The van der Waals surface area contributed by atoms with E-state index in [0.717, 1.165) is 35.5 Å². The van der Waals surface area contributed by atoms with Crippen molar-refractivity contribution in [2.75, 3.05) is 6.54 Å². The molecule has 0 aromatic heterocycles. The summed E-state index contributed by atoms with van der Waals surface area (Å²) in [6.07, 6.45) is 4.97. The zero-order valence-electron chi connectivity index (χ0n) is 12.9. The first-order valence-corrected chi connectivity index (χ1v) is 7.14. The van der Waals surface area contributed by atoms with Gasteiger partial charge < -0.3 is 10.6 Å². The van der Waals surface area contributed by atoms with Gasteiger partial charge in [-0.15, -0.1) is 0 Å². The minimum atomic E-state index is 0.700. The predicted molar refractivity (Wildman–Crippen MR) is 89.9 cm³/mol. The summed E-state index contributed by atoms with van der Waals surface area (Å²) in [6, 6.07) is 8.24. The Hall–Kier alpha value is -1.96. The summed E-state index contributed by atoms with van der Waals surface area (Å²) >= 11 is 0. The fourth-order valence-electron chi connectivity index (χ4n) is 1.78. The lowest BCUT2D eigenvalue weighted by Gasteiger charge is -2.13. The van der Waals surface area contributed by atoms with Crippen molar-refractivity contribution in [2.24, 2.45) is 5.92 Å². The number of allylic oxidation sites excluding steroid dienone is 1. The van der Waals surface area contributed by atoms with Crippen LogP contribution in [0.2, 0.25) is 0 Å². The summed E-state index contributed by atoms with van der Waals surface area (Å²) in [7, 11) is 0. The molecule has 0 amide bonds. The van der Waals surface area contributed by atoms with Crippen molar-refractivity contribution in [1.29, 1.82) is 0 Å². The molecule has 0 fully saturated rings. The van der Waals surface area contributed by atoms with Crippen molar-refractivity contribution in [2.45, 2.75) is 27.2 Å². The standard InChI is InChI=1S/C18H26N2/c1-6-11-19-15(4)17-8-7-9-18(13-17)16(5)20-12-10-14(2)3/h6-9,11,13-14,19-20H,4-5,10,12H2,1-3H3/b11-6+. The summed E-state index contributed by atoms with van der Waals surface area (Å²) < 4.78 is 0. The number of rotatable bonds is 8. The van der Waals surface area contributed by atoms with Crippen LogP contribution in [0.5, 0.6) is 0 Å². The topological polar surface area (TPSA) is 24.1 Å². The molecular formula is C18H26N2. The van der Waals surface area contributed by atoms with E-state index in [-0.39, 0.29) is 0 Å². The van der Waals surface area contributed by atoms with Crippen LogP contribution in [0, 0.1) is 5.92 Å². The smallest absolute Gasteiger partial charge is 0.0380 e. The van der Waals surface area contributed by atoms with Crippen LogP contribution in [0.15, 0.2) is 49.7 Å². The SMILES string of the molecule is C=C(N/C=C/C)c1cccc(C(=C)NCCC(C)C)c1. The third-order valence-corrected chi connectivity index (χ3v) is 3.04. The highest BCUT2D eigenvalue weighted by molar-refractivity contribution is 5.69. The number of hydrogen-bond donors (Lipinski definition) is 2. The van der Waals surface area contributed by atoms with E-state index >= 15 is 0 Å². The van der Waals surface area contributed by atoms with E-state index in [1.807, 2.05) is 31.3 Å². The van der Waals surface area contributed by atoms with Gasteiger partial charge in [-0.2, -0.15) is 0 Å². The number of hydrogen-bond acceptors (Lipinski definition) is 2. The van der Waals surface area contributed by atoms with E-state index in [0.29, 0.717) is 5.92 Å². The molecule has 0 spiro atoms. The second kappa shape index (κ2) is 8.26. The Labute approximate surface area is 123 Å². The first-order chi connectivity index (χ1) is 9.54. The molecule has 2 heteroatoms. The molecule has 0 saturated carbocycles. The Balaban J connectivity index is 2.67. The van der Waals surface area contributed by atoms with E-state index in [9.17, 15) is 0 Å². The molecular weight excluding hydrogens is 244 g/mol. The summed E-state index contributed by atoms with van der Waals surface area (Å²) in [5.41, 5.74) is 4.04. The average molecular weight is 270 g/mol. The van der Waals surface area contributed by atoms with Crippen LogP contribution < -0.4 is 10.6 Å². The fraction of sp³-hybridized carbons (Fsp3) is 0.333. The third-order valence-electron chi connectivity index (χ3n) is 3.04. The monoisotopic (exact) mass is 270 g/mol. The molecule has 0 heterocycles. The molecule has 0 saturated heterocycles. The largest absolute Gasteiger partial charge is 0.385 e. The molecule has 0 atom stereocenters. The van der Waals surface area contributed by atoms with Gasteiger partial charge in [-0.1, -0.05) is 51.3 Å². The maximum atomic E-state index is 4.11. The Morgan fingerprint density at radius 1 is 1.20 bits per heavy atom. The van der Waals surface area contributed by atoms with Crippen molar-refractivity contribution < 1.29 is 0 Å². The average Bonchev–Trinajstić information content (AvgIpc) is 2.44. The summed E-state index contributed by atoms with van der Waals surface area (Å²) in [5, 5.41) is 6.53. The van der Waals surface area contributed by atoms with Crippen LogP contribution >= 0.6 is 0 Å². The first-order valence-electron chi connectivity index (χ1n) is 7.14. The van der Waals surface area contributed by atoms with E-state index in [1.165, 1.54) is 0 Å². The van der Waals surface area contributed by atoms with E-state index < -0.39 is 0 Å². The van der Waals surface area contributed by atoms with E-state index in [2.05, 4.69) is 49.8 Å². The fourth-order valence-corrected chi connectivity index (χ4v) is 1.78. The van der Waals surface area contributed by atoms with Gasteiger partial charge in [0.15, 0.2) is 0 Å². The van der Waals surface area contributed by atoms with Crippen molar-refractivity contribution >= 4 is 11.4 Å². The molecule has 0 radical (unpaired) electrons. The summed E-state index contributed by atoms with van der Waals surface area (Å²) in [4.78, 5) is 0. The van der Waals surface area contributed by atoms with Gasteiger partial charge in [-0.05, 0) is 42.7 Å². The molecule has 0 bridgehead atoms. The number of benzene rings is 1. The molecule has 1 aromatic rings. The summed E-state index contributed by atoms with van der Waals surface area (Å²) in [6.45, 7) is 15.5. The van der Waals surface area contributed by atoms with Crippen molar-refractivity contribution in [3.63, 3.8) is 0 Å². The lowest BCUT2D eigenvalue weighted by molar-refractivity contribution is 0.574. The highest BCUT2D eigenvalue weighted by Gasteiger charge is 2.02. The molecule has 1 rings (SSSR count). The van der Waals surface area contributed by atoms with Crippen LogP contribution in [-0.2, 0) is 0 Å². The van der Waals surface area contributed by atoms with Gasteiger partial charge in [0.2, 0.25) is 0 Å². The van der Waals surface area contributed by atoms with Crippen molar-refractivity contribution in [3.05, 3.63) is 60.8 Å². The Bertz CT molecular complexity index is 484. The lowest BCUT2D eigenvalue weighted by Crippen LogP contribution is -2.14. The molecule has 20 heavy (non-hydrogen) atoms. The predicted octanol–water partition coefficient (Wildman–Crippen LogP) is 4.39. The zero-order chi connectivity index (χ0) is 15.0. The normalized spacial score (nSPS) is 10.8. The molecule has 0 unspecified atom stereocenters. The minimum absolute atomic E-state index is 0.700. The van der Waals surface area contributed by atoms with Gasteiger partial charge in [0, 0.05) is 17.9 Å². The van der Waals surface area contributed by atoms with Gasteiger partial charge in [-0.25, -0.2) is 0 Å². The van der Waals surface area contributed by atoms with Crippen LogP contribution in [0.4, 0.5) is 0 Å². The maximum absolute atomic E-state index is 4.11. The maximum Gasteiger partial charge on any atom is 0.0380 e. The molecule has 108 valence electrons.